The molecule has 0 spiro atoms. The third-order valence-corrected chi connectivity index (χ3v) is 4.92. The Hall–Kier alpha value is -1.79. The molecule has 1 aromatic rings. The van der Waals surface area contributed by atoms with Crippen LogP contribution in [0.5, 0.6) is 11.5 Å². The number of benzene rings is 1. The summed E-state index contributed by atoms with van der Waals surface area (Å²) in [6.07, 6.45) is 1.31. The zero-order valence-electron chi connectivity index (χ0n) is 16.7. The molecule has 0 radical (unpaired) electrons. The first-order valence-electron chi connectivity index (χ1n) is 9.04. The molecular formula is C20H30O6. The van der Waals surface area contributed by atoms with Crippen molar-refractivity contribution in [2.75, 3.05) is 33.7 Å². The number of carbonyl (C=O) groups is 1. The molecular weight excluding hydrogens is 336 g/mol. The summed E-state index contributed by atoms with van der Waals surface area (Å²) >= 11 is 0. The van der Waals surface area contributed by atoms with E-state index in [9.17, 15) is 4.79 Å². The molecule has 0 amide bonds. The Bertz CT molecular complexity index is 654. The van der Waals surface area contributed by atoms with E-state index in [2.05, 4.69) is 0 Å². The van der Waals surface area contributed by atoms with Crippen molar-refractivity contribution in [3.63, 3.8) is 0 Å². The third-order valence-electron chi connectivity index (χ3n) is 4.92. The molecule has 146 valence electrons. The molecule has 0 aliphatic carbocycles. The molecule has 0 N–H and O–H groups in total. The Balaban J connectivity index is 2.24. The van der Waals surface area contributed by atoms with Crippen LogP contribution in [0.2, 0.25) is 0 Å². The summed E-state index contributed by atoms with van der Waals surface area (Å²) < 4.78 is 27.6. The van der Waals surface area contributed by atoms with Gasteiger partial charge in [0.25, 0.3) is 0 Å². The number of fused-ring (bicyclic) bond motifs is 1. The van der Waals surface area contributed by atoms with E-state index in [1.165, 1.54) is 0 Å². The van der Waals surface area contributed by atoms with E-state index >= 15 is 0 Å². The molecule has 0 saturated heterocycles. The van der Waals surface area contributed by atoms with Crippen LogP contribution in [0.15, 0.2) is 0 Å². The molecule has 1 aliphatic heterocycles. The van der Waals surface area contributed by atoms with Crippen molar-refractivity contribution in [3.8, 4) is 11.5 Å². The van der Waals surface area contributed by atoms with Crippen LogP contribution in [0.4, 0.5) is 0 Å². The summed E-state index contributed by atoms with van der Waals surface area (Å²) in [6, 6.07) is 0. The predicted molar refractivity (Wildman–Crippen MR) is 98.0 cm³/mol. The molecule has 0 fully saturated rings. The van der Waals surface area contributed by atoms with Crippen LogP contribution in [0.3, 0.4) is 0 Å². The summed E-state index contributed by atoms with van der Waals surface area (Å²) in [5, 5.41) is 0. The van der Waals surface area contributed by atoms with Crippen LogP contribution in [-0.2, 0) is 25.4 Å². The maximum atomic E-state index is 12.3. The average molecular weight is 366 g/mol. The largest absolute Gasteiger partial charge is 0.475 e. The van der Waals surface area contributed by atoms with E-state index in [-0.39, 0.29) is 12.8 Å². The van der Waals surface area contributed by atoms with Crippen LogP contribution < -0.4 is 9.47 Å². The van der Waals surface area contributed by atoms with Gasteiger partial charge in [0.1, 0.15) is 11.5 Å². The second-order valence-electron chi connectivity index (χ2n) is 6.73. The Kier molecular flexibility index (Phi) is 6.89. The van der Waals surface area contributed by atoms with Crippen molar-refractivity contribution < 1.29 is 28.5 Å². The van der Waals surface area contributed by atoms with Crippen molar-refractivity contribution in [1.29, 1.82) is 0 Å². The van der Waals surface area contributed by atoms with Gasteiger partial charge in [-0.25, -0.2) is 4.79 Å². The van der Waals surface area contributed by atoms with E-state index < -0.39 is 5.60 Å². The normalized spacial score (nSPS) is 18.8. The molecule has 0 bridgehead atoms. The Morgan fingerprint density at radius 1 is 1.15 bits per heavy atom. The lowest BCUT2D eigenvalue weighted by molar-refractivity contribution is -0.161. The second kappa shape index (κ2) is 8.73. The van der Waals surface area contributed by atoms with E-state index in [1.807, 2.05) is 20.8 Å². The van der Waals surface area contributed by atoms with Gasteiger partial charge >= 0.3 is 5.97 Å². The molecule has 6 heteroatoms. The summed E-state index contributed by atoms with van der Waals surface area (Å²) in [5.74, 6) is 1.28. The van der Waals surface area contributed by atoms with E-state index in [0.717, 1.165) is 40.2 Å². The number of hydrogen-bond acceptors (Lipinski definition) is 6. The SMILES string of the molecule is CCOC(=O)[C@@]1(C)CCc2c(C)c(OCOCCOC)c(C)c(C)c2O1. The summed E-state index contributed by atoms with van der Waals surface area (Å²) in [4.78, 5) is 12.3. The maximum Gasteiger partial charge on any atom is 0.350 e. The molecule has 6 nitrogen and oxygen atoms in total. The lowest BCUT2D eigenvalue weighted by atomic mass is 9.87. The molecule has 0 unspecified atom stereocenters. The van der Waals surface area contributed by atoms with Crippen molar-refractivity contribution in [3.05, 3.63) is 22.3 Å². The summed E-state index contributed by atoms with van der Waals surface area (Å²) in [5.41, 5.74) is 3.14. The van der Waals surface area contributed by atoms with Crippen LogP contribution in [0.25, 0.3) is 0 Å². The average Bonchev–Trinajstić information content (AvgIpc) is 2.62. The number of hydrogen-bond donors (Lipinski definition) is 0. The second-order valence-corrected chi connectivity index (χ2v) is 6.73. The van der Waals surface area contributed by atoms with E-state index in [0.29, 0.717) is 26.2 Å². The molecule has 0 saturated carbocycles. The molecule has 26 heavy (non-hydrogen) atoms. The smallest absolute Gasteiger partial charge is 0.350 e. The highest BCUT2D eigenvalue weighted by Crippen LogP contribution is 2.44. The van der Waals surface area contributed by atoms with Crippen molar-refractivity contribution >= 4 is 5.97 Å². The zero-order chi connectivity index (χ0) is 19.3. The van der Waals surface area contributed by atoms with Gasteiger partial charge < -0.3 is 23.7 Å². The van der Waals surface area contributed by atoms with Gasteiger partial charge in [-0.2, -0.15) is 0 Å². The van der Waals surface area contributed by atoms with Crippen LogP contribution in [-0.4, -0.2) is 45.3 Å². The number of carbonyl (C=O) groups excluding carboxylic acids is 1. The maximum absolute atomic E-state index is 12.3. The lowest BCUT2D eigenvalue weighted by Gasteiger charge is -2.36. The van der Waals surface area contributed by atoms with Gasteiger partial charge in [-0.05, 0) is 57.7 Å². The zero-order valence-corrected chi connectivity index (χ0v) is 16.7. The highest BCUT2D eigenvalue weighted by molar-refractivity contribution is 5.80. The Labute approximate surface area is 155 Å². The van der Waals surface area contributed by atoms with Crippen molar-refractivity contribution in [2.24, 2.45) is 0 Å². The monoisotopic (exact) mass is 366 g/mol. The van der Waals surface area contributed by atoms with Gasteiger partial charge in [0, 0.05) is 19.1 Å². The van der Waals surface area contributed by atoms with Gasteiger partial charge in [0.05, 0.1) is 19.8 Å². The number of esters is 1. The minimum absolute atomic E-state index is 0.171. The molecule has 1 atom stereocenters. The van der Waals surface area contributed by atoms with Crippen LogP contribution >= 0.6 is 0 Å². The fourth-order valence-corrected chi connectivity index (χ4v) is 3.18. The first-order chi connectivity index (χ1) is 12.4. The predicted octanol–water partition coefficient (Wildman–Crippen LogP) is 3.26. The molecule has 2 rings (SSSR count). The lowest BCUT2D eigenvalue weighted by Crippen LogP contribution is -2.46. The van der Waals surface area contributed by atoms with Gasteiger partial charge in [-0.3, -0.25) is 0 Å². The third kappa shape index (κ3) is 4.13. The fourth-order valence-electron chi connectivity index (χ4n) is 3.18. The topological polar surface area (TPSA) is 63.2 Å². The van der Waals surface area contributed by atoms with Crippen LogP contribution in [0.1, 0.15) is 42.5 Å². The van der Waals surface area contributed by atoms with Gasteiger partial charge in [0.2, 0.25) is 5.60 Å². The van der Waals surface area contributed by atoms with E-state index in [1.54, 1.807) is 21.0 Å². The standard InChI is InChI=1S/C20H30O6/c1-7-24-19(21)20(5)9-8-16-15(4)17(25-12-23-11-10-22-6)13(2)14(3)18(16)26-20/h7-12H2,1-6H3/t20-/m1/s1. The number of rotatable bonds is 8. The Morgan fingerprint density at radius 2 is 1.88 bits per heavy atom. The number of methoxy groups -OCH3 is 1. The Morgan fingerprint density at radius 3 is 2.54 bits per heavy atom. The minimum atomic E-state index is -0.946. The quantitative estimate of drug-likeness (QED) is 0.400. The number of ether oxygens (including phenoxy) is 5. The summed E-state index contributed by atoms with van der Waals surface area (Å²) in [7, 11) is 1.63. The van der Waals surface area contributed by atoms with Gasteiger partial charge in [-0.1, -0.05) is 0 Å². The highest BCUT2D eigenvalue weighted by Gasteiger charge is 2.42. The highest BCUT2D eigenvalue weighted by atomic mass is 16.7. The van der Waals surface area contributed by atoms with Gasteiger partial charge in [-0.15, -0.1) is 0 Å². The van der Waals surface area contributed by atoms with E-state index in [4.69, 9.17) is 23.7 Å². The van der Waals surface area contributed by atoms with Crippen molar-refractivity contribution in [2.45, 2.75) is 53.1 Å². The summed E-state index contributed by atoms with van der Waals surface area (Å²) in [6.45, 7) is 11.1. The minimum Gasteiger partial charge on any atom is -0.475 e. The first kappa shape index (κ1) is 20.5. The molecule has 0 aromatic heterocycles. The molecule has 1 heterocycles. The first-order valence-corrected chi connectivity index (χ1v) is 9.04. The molecule has 1 aromatic carbocycles. The molecule has 1 aliphatic rings. The van der Waals surface area contributed by atoms with Crippen LogP contribution in [0, 0.1) is 20.8 Å². The fraction of sp³-hybridized carbons (Fsp3) is 0.650. The van der Waals surface area contributed by atoms with Gasteiger partial charge in [0.15, 0.2) is 6.79 Å². The van der Waals surface area contributed by atoms with Crippen molar-refractivity contribution in [1.82, 2.24) is 0 Å².